The largest absolute Gasteiger partial charge is 0.456 e. The Kier molecular flexibility index (Phi) is 1.04. The SMILES string of the molecule is CC1(Cl)C2CCC3(OC=CO3)C21. The zero-order valence-corrected chi connectivity index (χ0v) is 7.67. The molecule has 3 rings (SSSR count). The summed E-state index contributed by atoms with van der Waals surface area (Å²) in [6.45, 7) is 2.08. The number of rotatable bonds is 0. The van der Waals surface area contributed by atoms with Gasteiger partial charge >= 0.3 is 0 Å². The molecule has 3 unspecified atom stereocenters. The van der Waals surface area contributed by atoms with Gasteiger partial charge in [-0.05, 0) is 19.3 Å². The molecule has 0 aromatic carbocycles. The smallest absolute Gasteiger partial charge is 0.254 e. The Hall–Kier alpha value is -0.370. The van der Waals surface area contributed by atoms with E-state index in [0.717, 1.165) is 12.8 Å². The van der Waals surface area contributed by atoms with Gasteiger partial charge in [0.05, 0.1) is 10.8 Å². The van der Waals surface area contributed by atoms with E-state index < -0.39 is 0 Å². The Morgan fingerprint density at radius 1 is 1.42 bits per heavy atom. The highest BCUT2D eigenvalue weighted by molar-refractivity contribution is 6.26. The van der Waals surface area contributed by atoms with Crippen molar-refractivity contribution in [1.29, 1.82) is 0 Å². The fraction of sp³-hybridized carbons (Fsp3) is 0.778. The van der Waals surface area contributed by atoms with E-state index in [0.29, 0.717) is 11.8 Å². The van der Waals surface area contributed by atoms with Gasteiger partial charge in [-0.15, -0.1) is 11.6 Å². The number of alkyl halides is 1. The second kappa shape index (κ2) is 1.77. The van der Waals surface area contributed by atoms with Crippen molar-refractivity contribution in [2.45, 2.75) is 30.4 Å². The molecular formula is C9H11ClO2. The molecule has 2 nitrogen and oxygen atoms in total. The summed E-state index contributed by atoms with van der Waals surface area (Å²) in [6.07, 6.45) is 5.38. The van der Waals surface area contributed by atoms with Crippen molar-refractivity contribution in [2.75, 3.05) is 0 Å². The summed E-state index contributed by atoms with van der Waals surface area (Å²) in [5.74, 6) is 0.599. The molecule has 0 amide bonds. The number of ether oxygens (including phenoxy) is 2. The zero-order valence-electron chi connectivity index (χ0n) is 6.92. The predicted octanol–water partition coefficient (Wildman–Crippen LogP) is 2.24. The zero-order chi connectivity index (χ0) is 8.40. The van der Waals surface area contributed by atoms with Crippen molar-refractivity contribution in [3.05, 3.63) is 12.5 Å². The molecule has 1 spiro atoms. The Morgan fingerprint density at radius 3 is 2.58 bits per heavy atom. The topological polar surface area (TPSA) is 18.5 Å². The van der Waals surface area contributed by atoms with Crippen molar-refractivity contribution in [2.24, 2.45) is 11.8 Å². The first kappa shape index (κ1) is 7.07. The Balaban J connectivity index is 1.91. The molecule has 66 valence electrons. The van der Waals surface area contributed by atoms with Crippen LogP contribution in [0.5, 0.6) is 0 Å². The lowest BCUT2D eigenvalue weighted by molar-refractivity contribution is -0.153. The van der Waals surface area contributed by atoms with Gasteiger partial charge in [-0.25, -0.2) is 0 Å². The van der Waals surface area contributed by atoms with Crippen molar-refractivity contribution < 1.29 is 9.47 Å². The number of halogens is 1. The lowest BCUT2D eigenvalue weighted by atomic mass is 10.1. The van der Waals surface area contributed by atoms with Gasteiger partial charge in [0, 0.05) is 6.42 Å². The van der Waals surface area contributed by atoms with Gasteiger partial charge < -0.3 is 9.47 Å². The first-order valence-corrected chi connectivity index (χ1v) is 4.74. The van der Waals surface area contributed by atoms with Crippen LogP contribution in [0.4, 0.5) is 0 Å². The summed E-state index contributed by atoms with van der Waals surface area (Å²) in [5.41, 5.74) is 0. The van der Waals surface area contributed by atoms with Crippen LogP contribution in [-0.4, -0.2) is 10.7 Å². The van der Waals surface area contributed by atoms with E-state index in [-0.39, 0.29) is 10.7 Å². The van der Waals surface area contributed by atoms with Gasteiger partial charge in [0.25, 0.3) is 5.79 Å². The minimum absolute atomic E-state index is 0.0791. The van der Waals surface area contributed by atoms with Gasteiger partial charge in [0.1, 0.15) is 12.5 Å². The highest BCUT2D eigenvalue weighted by Gasteiger charge is 2.75. The molecule has 3 heteroatoms. The molecule has 2 saturated carbocycles. The fourth-order valence-corrected chi connectivity index (χ4v) is 3.33. The van der Waals surface area contributed by atoms with Crippen LogP contribution in [0.1, 0.15) is 19.8 Å². The Bertz CT molecular complexity index is 251. The first-order valence-electron chi connectivity index (χ1n) is 4.36. The van der Waals surface area contributed by atoms with Crippen molar-refractivity contribution in [3.8, 4) is 0 Å². The minimum Gasteiger partial charge on any atom is -0.456 e. The van der Waals surface area contributed by atoms with Crippen LogP contribution in [0.2, 0.25) is 0 Å². The molecule has 1 aliphatic heterocycles. The molecule has 0 bridgehead atoms. The molecule has 2 fully saturated rings. The number of hydrogen-bond donors (Lipinski definition) is 0. The second-order valence-corrected chi connectivity index (χ2v) is 4.91. The predicted molar refractivity (Wildman–Crippen MR) is 44.5 cm³/mol. The maximum Gasteiger partial charge on any atom is 0.254 e. The van der Waals surface area contributed by atoms with Crippen molar-refractivity contribution >= 4 is 11.6 Å². The standard InChI is InChI=1S/C9H11ClO2/c1-8(10)6-2-3-9(7(6)8)11-4-5-12-9/h4-7H,2-3H2,1H3. The van der Waals surface area contributed by atoms with Crippen molar-refractivity contribution in [3.63, 3.8) is 0 Å². The van der Waals surface area contributed by atoms with Crippen molar-refractivity contribution in [1.82, 2.24) is 0 Å². The summed E-state index contributed by atoms with van der Waals surface area (Å²) in [5, 5.41) is 0. The third-order valence-corrected chi connectivity index (χ3v) is 4.01. The summed E-state index contributed by atoms with van der Waals surface area (Å²) in [4.78, 5) is -0.0791. The molecule has 0 saturated heterocycles. The molecule has 3 aliphatic rings. The van der Waals surface area contributed by atoms with E-state index in [1.165, 1.54) is 0 Å². The number of hydrogen-bond acceptors (Lipinski definition) is 2. The molecule has 1 heterocycles. The van der Waals surface area contributed by atoms with Crippen LogP contribution in [0.3, 0.4) is 0 Å². The van der Waals surface area contributed by atoms with Gasteiger partial charge in [-0.2, -0.15) is 0 Å². The molecule has 0 aromatic rings. The summed E-state index contributed by atoms with van der Waals surface area (Å²) in [6, 6.07) is 0. The lowest BCUT2D eigenvalue weighted by Gasteiger charge is -2.26. The third kappa shape index (κ3) is 0.598. The molecule has 0 aromatic heterocycles. The molecule has 0 radical (unpaired) electrons. The van der Waals surface area contributed by atoms with E-state index in [1.54, 1.807) is 12.5 Å². The van der Waals surface area contributed by atoms with E-state index in [2.05, 4.69) is 6.92 Å². The highest BCUT2D eigenvalue weighted by atomic mass is 35.5. The van der Waals surface area contributed by atoms with Gasteiger partial charge in [0.2, 0.25) is 0 Å². The van der Waals surface area contributed by atoms with E-state index in [4.69, 9.17) is 21.1 Å². The number of fused-ring (bicyclic) bond motifs is 2. The quantitative estimate of drug-likeness (QED) is 0.541. The van der Waals surface area contributed by atoms with Crippen LogP contribution in [0, 0.1) is 11.8 Å². The lowest BCUT2D eigenvalue weighted by Crippen LogP contribution is -2.33. The van der Waals surface area contributed by atoms with Gasteiger partial charge in [-0.3, -0.25) is 0 Å². The highest BCUT2D eigenvalue weighted by Crippen LogP contribution is 2.70. The summed E-state index contributed by atoms with van der Waals surface area (Å²) >= 11 is 6.29. The van der Waals surface area contributed by atoms with E-state index >= 15 is 0 Å². The maximum atomic E-state index is 6.29. The van der Waals surface area contributed by atoms with E-state index in [9.17, 15) is 0 Å². The van der Waals surface area contributed by atoms with Crippen LogP contribution >= 0.6 is 11.6 Å². The van der Waals surface area contributed by atoms with Gasteiger partial charge in [-0.1, -0.05) is 0 Å². The molecule has 12 heavy (non-hydrogen) atoms. The average Bonchev–Trinajstić information content (AvgIpc) is 2.48. The molecule has 2 aliphatic carbocycles. The first-order chi connectivity index (χ1) is 5.67. The monoisotopic (exact) mass is 186 g/mol. The summed E-state index contributed by atoms with van der Waals surface area (Å²) < 4.78 is 11.0. The maximum absolute atomic E-state index is 6.29. The molecule has 0 N–H and O–H groups in total. The van der Waals surface area contributed by atoms with Gasteiger partial charge in [0.15, 0.2) is 0 Å². The second-order valence-electron chi connectivity index (χ2n) is 4.09. The molecule has 3 atom stereocenters. The normalized spacial score (nSPS) is 51.8. The average molecular weight is 187 g/mol. The van der Waals surface area contributed by atoms with Crippen LogP contribution in [0.25, 0.3) is 0 Å². The fourth-order valence-electron chi connectivity index (χ4n) is 2.84. The third-order valence-electron chi connectivity index (χ3n) is 3.49. The minimum atomic E-state index is -0.388. The van der Waals surface area contributed by atoms with E-state index in [1.807, 2.05) is 0 Å². The van der Waals surface area contributed by atoms with Crippen LogP contribution in [-0.2, 0) is 9.47 Å². The van der Waals surface area contributed by atoms with Crippen LogP contribution < -0.4 is 0 Å². The Morgan fingerprint density at radius 2 is 2.08 bits per heavy atom. The Labute approximate surface area is 76.5 Å². The van der Waals surface area contributed by atoms with Crippen LogP contribution in [0.15, 0.2) is 12.5 Å². The summed E-state index contributed by atoms with van der Waals surface area (Å²) in [7, 11) is 0. The molecular weight excluding hydrogens is 176 g/mol.